The molecule has 0 radical (unpaired) electrons. The number of nitrogens with one attached hydrogen (secondary N) is 2. The van der Waals surface area contributed by atoms with Gasteiger partial charge in [0.1, 0.15) is 5.69 Å². The lowest BCUT2D eigenvalue weighted by Crippen LogP contribution is -2.26. The molecule has 3 rings (SSSR count). The second-order valence-corrected chi connectivity index (χ2v) is 6.63. The van der Waals surface area contributed by atoms with Gasteiger partial charge in [-0.2, -0.15) is 0 Å². The summed E-state index contributed by atoms with van der Waals surface area (Å²) < 4.78 is 0. The highest BCUT2D eigenvalue weighted by atomic mass is 35.5. The fourth-order valence-corrected chi connectivity index (χ4v) is 3.45. The Morgan fingerprint density at radius 3 is 2.91 bits per heavy atom. The molecule has 0 aliphatic carbocycles. The van der Waals surface area contributed by atoms with Gasteiger partial charge in [0.15, 0.2) is 0 Å². The lowest BCUT2D eigenvalue weighted by atomic mass is 10.2. The predicted octanol–water partition coefficient (Wildman–Crippen LogP) is 4.42. The van der Waals surface area contributed by atoms with Crippen molar-refractivity contribution in [3.63, 3.8) is 0 Å². The molecule has 1 aromatic carbocycles. The summed E-state index contributed by atoms with van der Waals surface area (Å²) in [6.07, 6.45) is 2.33. The molecule has 0 aliphatic rings. The van der Waals surface area contributed by atoms with Gasteiger partial charge < -0.3 is 10.3 Å². The van der Waals surface area contributed by atoms with Crippen LogP contribution < -0.4 is 5.32 Å². The molecular formula is C16H13Cl2N3OS. The van der Waals surface area contributed by atoms with Gasteiger partial charge in [-0.15, -0.1) is 11.3 Å². The molecule has 4 nitrogen and oxygen atoms in total. The highest BCUT2D eigenvalue weighted by Crippen LogP contribution is 2.25. The molecule has 0 bridgehead atoms. The van der Waals surface area contributed by atoms with Crippen molar-refractivity contribution >= 4 is 40.4 Å². The summed E-state index contributed by atoms with van der Waals surface area (Å²) in [4.78, 5) is 20.7. The van der Waals surface area contributed by atoms with Gasteiger partial charge in [-0.1, -0.05) is 29.3 Å². The molecule has 0 spiro atoms. The molecule has 0 unspecified atom stereocenters. The van der Waals surface area contributed by atoms with Gasteiger partial charge in [0, 0.05) is 23.7 Å². The molecule has 2 heterocycles. The molecule has 2 N–H and O–H groups in total. The van der Waals surface area contributed by atoms with E-state index in [0.29, 0.717) is 28.6 Å². The largest absolute Gasteiger partial charge is 0.352 e. The van der Waals surface area contributed by atoms with Crippen LogP contribution in [0, 0.1) is 0 Å². The number of hydrogen-bond donors (Lipinski definition) is 2. The van der Waals surface area contributed by atoms with E-state index in [2.05, 4.69) is 15.3 Å². The number of carbonyl (C=O) groups is 1. The highest BCUT2D eigenvalue weighted by molar-refractivity contribution is 7.13. The van der Waals surface area contributed by atoms with Gasteiger partial charge in [-0.3, -0.25) is 4.79 Å². The van der Waals surface area contributed by atoms with Crippen LogP contribution in [0.3, 0.4) is 0 Å². The van der Waals surface area contributed by atoms with Crippen molar-refractivity contribution in [3.05, 3.63) is 63.3 Å². The van der Waals surface area contributed by atoms with Crippen molar-refractivity contribution < 1.29 is 4.79 Å². The summed E-state index contributed by atoms with van der Waals surface area (Å²) in [5.74, 6) is -0.219. The van der Waals surface area contributed by atoms with Crippen LogP contribution >= 0.6 is 34.5 Å². The number of nitrogens with zero attached hydrogens (tertiary/aromatic N) is 1. The number of hydrogen-bond acceptors (Lipinski definition) is 3. The van der Waals surface area contributed by atoms with E-state index in [0.717, 1.165) is 16.3 Å². The van der Waals surface area contributed by atoms with Crippen LogP contribution in [0.15, 0.2) is 42.0 Å². The van der Waals surface area contributed by atoms with E-state index in [1.165, 1.54) is 0 Å². The molecule has 0 aliphatic heterocycles. The minimum Gasteiger partial charge on any atom is -0.352 e. The summed E-state index contributed by atoms with van der Waals surface area (Å²) in [6.45, 7) is 0.484. The molecule has 23 heavy (non-hydrogen) atoms. The van der Waals surface area contributed by atoms with Crippen molar-refractivity contribution in [2.75, 3.05) is 6.54 Å². The van der Waals surface area contributed by atoms with E-state index in [1.807, 2.05) is 17.5 Å². The summed E-state index contributed by atoms with van der Waals surface area (Å²) in [7, 11) is 0. The smallest absolute Gasteiger partial charge is 0.252 e. The van der Waals surface area contributed by atoms with Crippen LogP contribution in [-0.4, -0.2) is 22.4 Å². The zero-order valence-electron chi connectivity index (χ0n) is 12.0. The number of H-pyrrole nitrogens is 1. The molecule has 0 saturated heterocycles. The van der Waals surface area contributed by atoms with Crippen LogP contribution in [0.25, 0.3) is 10.6 Å². The first-order valence-corrected chi connectivity index (χ1v) is 8.58. The number of thiophene rings is 1. The Balaban J connectivity index is 1.62. The van der Waals surface area contributed by atoms with Crippen LogP contribution in [0.4, 0.5) is 0 Å². The van der Waals surface area contributed by atoms with Crippen molar-refractivity contribution in [1.29, 1.82) is 0 Å². The Hall–Kier alpha value is -1.82. The van der Waals surface area contributed by atoms with E-state index in [-0.39, 0.29) is 5.91 Å². The first-order valence-electron chi connectivity index (χ1n) is 6.94. The van der Waals surface area contributed by atoms with Gasteiger partial charge >= 0.3 is 0 Å². The maximum atomic E-state index is 12.2. The molecule has 3 aromatic rings. The standard InChI is InChI=1S/C16H13Cl2N3OS/c17-10-3-4-11(12(18)8-10)16(22)19-6-5-13-15(21-9-20-13)14-2-1-7-23-14/h1-4,7-9H,5-6H2,(H,19,22)(H,20,21). The number of amides is 1. The Morgan fingerprint density at radius 2 is 2.17 bits per heavy atom. The summed E-state index contributed by atoms with van der Waals surface area (Å²) in [5, 5.41) is 5.72. The third-order valence-electron chi connectivity index (χ3n) is 3.31. The van der Waals surface area contributed by atoms with E-state index in [1.54, 1.807) is 35.9 Å². The fraction of sp³-hybridized carbons (Fsp3) is 0.125. The maximum absolute atomic E-state index is 12.2. The number of halogens is 2. The average Bonchev–Trinajstić information content (AvgIpc) is 3.17. The van der Waals surface area contributed by atoms with E-state index in [9.17, 15) is 4.79 Å². The van der Waals surface area contributed by atoms with E-state index >= 15 is 0 Å². The summed E-state index contributed by atoms with van der Waals surface area (Å²) >= 11 is 13.5. The van der Waals surface area contributed by atoms with Crippen LogP contribution in [0.1, 0.15) is 16.1 Å². The Labute approximate surface area is 147 Å². The second kappa shape index (κ2) is 7.17. The summed E-state index contributed by atoms with van der Waals surface area (Å²) in [5.41, 5.74) is 2.34. The molecule has 2 aromatic heterocycles. The van der Waals surface area contributed by atoms with E-state index < -0.39 is 0 Å². The highest BCUT2D eigenvalue weighted by Gasteiger charge is 2.12. The number of aromatic nitrogens is 2. The van der Waals surface area contributed by atoms with Crippen LogP contribution in [0.5, 0.6) is 0 Å². The minimum atomic E-state index is -0.219. The molecule has 0 saturated carbocycles. The van der Waals surface area contributed by atoms with Gasteiger partial charge in [-0.05, 0) is 29.6 Å². The maximum Gasteiger partial charge on any atom is 0.252 e. The van der Waals surface area contributed by atoms with Crippen LogP contribution in [0.2, 0.25) is 10.0 Å². The lowest BCUT2D eigenvalue weighted by Gasteiger charge is -2.07. The van der Waals surface area contributed by atoms with Crippen LogP contribution in [-0.2, 0) is 6.42 Å². The van der Waals surface area contributed by atoms with Gasteiger partial charge in [0.05, 0.1) is 21.8 Å². The predicted molar refractivity (Wildman–Crippen MR) is 94.4 cm³/mol. The molecular weight excluding hydrogens is 353 g/mol. The first kappa shape index (κ1) is 16.1. The number of aromatic amines is 1. The van der Waals surface area contributed by atoms with Crippen molar-refractivity contribution in [1.82, 2.24) is 15.3 Å². The zero-order valence-corrected chi connectivity index (χ0v) is 14.3. The summed E-state index contributed by atoms with van der Waals surface area (Å²) in [6, 6.07) is 8.83. The van der Waals surface area contributed by atoms with Gasteiger partial charge in [0.25, 0.3) is 5.91 Å². The normalized spacial score (nSPS) is 10.7. The van der Waals surface area contributed by atoms with Crippen molar-refractivity contribution in [2.24, 2.45) is 0 Å². The topological polar surface area (TPSA) is 57.8 Å². The third kappa shape index (κ3) is 3.75. The quantitative estimate of drug-likeness (QED) is 0.702. The Kier molecular flexibility index (Phi) is 5.00. The van der Waals surface area contributed by atoms with E-state index in [4.69, 9.17) is 23.2 Å². The molecule has 118 valence electrons. The number of benzene rings is 1. The van der Waals surface area contributed by atoms with Gasteiger partial charge in [-0.25, -0.2) is 4.98 Å². The minimum absolute atomic E-state index is 0.219. The van der Waals surface area contributed by atoms with Gasteiger partial charge in [0.2, 0.25) is 0 Å². The zero-order chi connectivity index (χ0) is 16.2. The molecule has 0 atom stereocenters. The second-order valence-electron chi connectivity index (χ2n) is 4.84. The Bertz CT molecular complexity index is 815. The van der Waals surface area contributed by atoms with Crippen molar-refractivity contribution in [3.8, 4) is 10.6 Å². The molecule has 1 amide bonds. The number of carbonyl (C=O) groups excluding carboxylic acids is 1. The molecule has 0 fully saturated rings. The first-order chi connectivity index (χ1) is 11.1. The third-order valence-corrected chi connectivity index (χ3v) is 4.73. The lowest BCUT2D eigenvalue weighted by molar-refractivity contribution is 0.0954. The van der Waals surface area contributed by atoms with Crippen molar-refractivity contribution in [2.45, 2.75) is 6.42 Å². The molecule has 7 heteroatoms. The average molecular weight is 366 g/mol. The Morgan fingerprint density at radius 1 is 1.30 bits per heavy atom. The fourth-order valence-electron chi connectivity index (χ4n) is 2.21. The number of rotatable bonds is 5. The monoisotopic (exact) mass is 365 g/mol. The number of imidazole rings is 1. The SMILES string of the molecule is O=C(NCCc1[nH]cnc1-c1cccs1)c1ccc(Cl)cc1Cl.